The maximum absolute atomic E-state index is 11.9. The number of ether oxygens (including phenoxy) is 2. The molecule has 190 valence electrons. The molecule has 0 amide bonds. The van der Waals surface area contributed by atoms with E-state index in [4.69, 9.17) is 9.47 Å². The molecule has 3 aromatic carbocycles. The van der Waals surface area contributed by atoms with Crippen molar-refractivity contribution in [3.63, 3.8) is 0 Å². The summed E-state index contributed by atoms with van der Waals surface area (Å²) >= 11 is 0. The lowest BCUT2D eigenvalue weighted by atomic mass is 9.99. The maximum Gasteiger partial charge on any atom is 0.306 e. The molecule has 36 heavy (non-hydrogen) atoms. The van der Waals surface area contributed by atoms with E-state index in [1.54, 1.807) is 6.08 Å². The number of rotatable bonds is 13. The number of hydrogen-bond acceptors (Lipinski definition) is 5. The summed E-state index contributed by atoms with van der Waals surface area (Å²) in [4.78, 5) is 11.9. The van der Waals surface area contributed by atoms with Gasteiger partial charge < -0.3 is 19.7 Å². The molecule has 0 fully saturated rings. The molecule has 3 rings (SSSR count). The van der Waals surface area contributed by atoms with Crippen molar-refractivity contribution in [2.24, 2.45) is 0 Å². The van der Waals surface area contributed by atoms with E-state index in [0.29, 0.717) is 38.0 Å². The van der Waals surface area contributed by atoms with E-state index in [9.17, 15) is 15.0 Å². The van der Waals surface area contributed by atoms with Crippen LogP contribution in [0.2, 0.25) is 0 Å². The number of para-hydroxylation sites is 1. The van der Waals surface area contributed by atoms with Gasteiger partial charge in [-0.05, 0) is 54.7 Å². The fourth-order valence-corrected chi connectivity index (χ4v) is 3.84. The molecule has 0 bridgehead atoms. The summed E-state index contributed by atoms with van der Waals surface area (Å²) in [7, 11) is 0. The molecule has 5 nitrogen and oxygen atoms in total. The fourth-order valence-electron chi connectivity index (χ4n) is 3.84. The van der Waals surface area contributed by atoms with Gasteiger partial charge in [-0.25, -0.2) is 0 Å². The number of esters is 1. The Balaban J connectivity index is 1.48. The summed E-state index contributed by atoms with van der Waals surface area (Å²) in [6.45, 7) is 4.01. The van der Waals surface area contributed by atoms with Crippen molar-refractivity contribution in [3.8, 4) is 5.75 Å². The van der Waals surface area contributed by atoms with Gasteiger partial charge in [0.2, 0.25) is 0 Å². The molecule has 0 aliphatic carbocycles. The van der Waals surface area contributed by atoms with E-state index >= 15 is 0 Å². The first kappa shape index (κ1) is 27.2. The summed E-state index contributed by atoms with van der Waals surface area (Å²) in [5, 5.41) is 21.0. The van der Waals surface area contributed by atoms with Crippen molar-refractivity contribution in [2.75, 3.05) is 6.61 Å². The van der Waals surface area contributed by atoms with Crippen LogP contribution >= 0.6 is 0 Å². The second-order valence-corrected chi connectivity index (χ2v) is 9.09. The van der Waals surface area contributed by atoms with Crippen molar-refractivity contribution in [2.45, 2.75) is 57.8 Å². The normalized spacial score (nSPS) is 13.0. The van der Waals surface area contributed by atoms with Crippen molar-refractivity contribution < 1.29 is 24.5 Å². The van der Waals surface area contributed by atoms with E-state index in [0.717, 1.165) is 22.3 Å². The summed E-state index contributed by atoms with van der Waals surface area (Å²) in [6, 6.07) is 25.2. The third-order valence-electron chi connectivity index (χ3n) is 5.69. The molecular weight excluding hydrogens is 452 g/mol. The summed E-state index contributed by atoms with van der Waals surface area (Å²) in [5.41, 5.74) is 3.78. The zero-order valence-electron chi connectivity index (χ0n) is 21.0. The third kappa shape index (κ3) is 9.33. The topological polar surface area (TPSA) is 76.0 Å². The van der Waals surface area contributed by atoms with E-state index in [2.05, 4.69) is 0 Å². The first-order valence-electron chi connectivity index (χ1n) is 12.5. The predicted molar refractivity (Wildman–Crippen MR) is 143 cm³/mol. The number of hydrogen-bond donors (Lipinski definition) is 2. The van der Waals surface area contributed by atoms with Gasteiger partial charge >= 0.3 is 5.97 Å². The van der Waals surface area contributed by atoms with Crippen molar-refractivity contribution in [1.29, 1.82) is 0 Å². The summed E-state index contributed by atoms with van der Waals surface area (Å²) in [6.07, 6.45) is 4.02. The molecule has 3 aromatic rings. The molecule has 0 aromatic heterocycles. The van der Waals surface area contributed by atoms with Gasteiger partial charge in [-0.2, -0.15) is 0 Å². The monoisotopic (exact) mass is 488 g/mol. The Bertz CT molecular complexity index is 1110. The van der Waals surface area contributed by atoms with Gasteiger partial charge in [0.1, 0.15) is 5.75 Å². The third-order valence-corrected chi connectivity index (χ3v) is 5.69. The van der Waals surface area contributed by atoms with Gasteiger partial charge in [-0.15, -0.1) is 0 Å². The van der Waals surface area contributed by atoms with Crippen LogP contribution < -0.4 is 4.74 Å². The Hall–Kier alpha value is -3.41. The largest absolute Gasteiger partial charge is 0.493 e. The van der Waals surface area contributed by atoms with Crippen molar-refractivity contribution in [3.05, 3.63) is 107 Å². The molecule has 0 aliphatic rings. The molecule has 0 aliphatic heterocycles. The van der Waals surface area contributed by atoms with Crippen molar-refractivity contribution in [1.82, 2.24) is 0 Å². The first-order chi connectivity index (χ1) is 17.4. The molecule has 0 saturated carbocycles. The SMILES string of the molecule is CC(C)OC(=O)CCc1ccccc1OCCC(O)/C=C/c1cccc(C(O)Cc2ccccc2)c1. The number of carbonyl (C=O) groups is 1. The molecule has 2 unspecified atom stereocenters. The Morgan fingerprint density at radius 2 is 1.69 bits per heavy atom. The lowest BCUT2D eigenvalue weighted by Gasteiger charge is -2.13. The summed E-state index contributed by atoms with van der Waals surface area (Å²) < 4.78 is 11.1. The predicted octanol–water partition coefficient (Wildman–Crippen LogP) is 5.69. The van der Waals surface area contributed by atoms with Crippen LogP contribution in [-0.4, -0.2) is 35.0 Å². The van der Waals surface area contributed by atoms with Gasteiger partial charge in [-0.3, -0.25) is 4.79 Å². The quantitative estimate of drug-likeness (QED) is 0.302. The molecular formula is C31H36O5. The van der Waals surface area contributed by atoms with Gasteiger partial charge in [0.05, 0.1) is 24.9 Å². The van der Waals surface area contributed by atoms with Crippen LogP contribution in [-0.2, 0) is 22.4 Å². The Morgan fingerprint density at radius 1 is 0.944 bits per heavy atom. The number of carbonyl (C=O) groups excluding carboxylic acids is 1. The number of aliphatic hydroxyl groups is 2. The second-order valence-electron chi connectivity index (χ2n) is 9.09. The van der Waals surface area contributed by atoms with Crippen LogP contribution in [0.15, 0.2) is 84.9 Å². The standard InChI is InChI=1S/C31H36O5/c1-23(2)36-31(34)18-16-26-12-6-7-14-30(26)35-20-19-28(32)17-15-25-11-8-13-27(21-25)29(33)22-24-9-4-3-5-10-24/h3-15,17,21,23,28-29,32-33H,16,18-20,22H2,1-2H3/b17-15+. The van der Waals surface area contributed by atoms with Crippen LogP contribution in [0.1, 0.15) is 55.0 Å². The zero-order valence-corrected chi connectivity index (χ0v) is 21.0. The molecule has 0 heterocycles. The molecule has 0 spiro atoms. The summed E-state index contributed by atoms with van der Waals surface area (Å²) in [5.74, 6) is 0.489. The minimum atomic E-state index is -0.670. The molecule has 0 saturated heterocycles. The van der Waals surface area contributed by atoms with Gasteiger partial charge in [0.15, 0.2) is 0 Å². The Labute approximate surface area is 214 Å². The Morgan fingerprint density at radius 3 is 2.47 bits per heavy atom. The number of benzene rings is 3. The van der Waals surface area contributed by atoms with Gasteiger partial charge in [-0.1, -0.05) is 78.9 Å². The van der Waals surface area contributed by atoms with Crippen LogP contribution in [0.25, 0.3) is 6.08 Å². The highest BCUT2D eigenvalue weighted by Crippen LogP contribution is 2.22. The highest BCUT2D eigenvalue weighted by atomic mass is 16.5. The fraction of sp³-hybridized carbons (Fsp3) is 0.323. The van der Waals surface area contributed by atoms with Crippen LogP contribution in [0.4, 0.5) is 0 Å². The minimum absolute atomic E-state index is 0.125. The van der Waals surface area contributed by atoms with Crippen molar-refractivity contribution >= 4 is 12.0 Å². The highest BCUT2D eigenvalue weighted by Gasteiger charge is 2.11. The minimum Gasteiger partial charge on any atom is -0.493 e. The highest BCUT2D eigenvalue weighted by molar-refractivity contribution is 5.70. The smallest absolute Gasteiger partial charge is 0.306 e. The number of aryl methyl sites for hydroxylation is 1. The van der Waals surface area contributed by atoms with Crippen LogP contribution in [0.5, 0.6) is 5.75 Å². The molecule has 2 atom stereocenters. The van der Waals surface area contributed by atoms with E-state index in [-0.39, 0.29) is 12.1 Å². The molecule has 5 heteroatoms. The second kappa shape index (κ2) is 14.2. The van der Waals surface area contributed by atoms with E-state index in [1.165, 1.54) is 0 Å². The average Bonchev–Trinajstić information content (AvgIpc) is 2.87. The average molecular weight is 489 g/mol. The number of aliphatic hydroxyl groups excluding tert-OH is 2. The van der Waals surface area contributed by atoms with Crippen LogP contribution in [0, 0.1) is 0 Å². The van der Waals surface area contributed by atoms with Crippen LogP contribution in [0.3, 0.4) is 0 Å². The maximum atomic E-state index is 11.9. The zero-order chi connectivity index (χ0) is 25.8. The first-order valence-corrected chi connectivity index (χ1v) is 12.5. The van der Waals surface area contributed by atoms with Gasteiger partial charge in [0.25, 0.3) is 0 Å². The lowest BCUT2D eigenvalue weighted by molar-refractivity contribution is -0.147. The van der Waals surface area contributed by atoms with Gasteiger partial charge in [0, 0.05) is 19.3 Å². The molecule has 0 radical (unpaired) electrons. The Kier molecular flexibility index (Phi) is 10.7. The van der Waals surface area contributed by atoms with E-state index in [1.807, 2.05) is 98.8 Å². The van der Waals surface area contributed by atoms with E-state index < -0.39 is 12.2 Å². The molecule has 2 N–H and O–H groups in total. The lowest BCUT2D eigenvalue weighted by Crippen LogP contribution is -2.13.